The molecule has 2 aromatic heterocycles. The predicted molar refractivity (Wildman–Crippen MR) is 100 cm³/mol. The number of anilines is 2. The van der Waals surface area contributed by atoms with Gasteiger partial charge in [-0.2, -0.15) is 5.26 Å². The Morgan fingerprint density at radius 1 is 1.08 bits per heavy atom. The maximum absolute atomic E-state index is 9.16. The van der Waals surface area contributed by atoms with E-state index in [0.717, 1.165) is 26.8 Å². The summed E-state index contributed by atoms with van der Waals surface area (Å²) < 4.78 is 11.5. The van der Waals surface area contributed by atoms with Gasteiger partial charge in [0.1, 0.15) is 29.7 Å². The number of nitrogens with zero attached hydrogens (tertiary/aromatic N) is 4. The van der Waals surface area contributed by atoms with Gasteiger partial charge >= 0.3 is 0 Å². The summed E-state index contributed by atoms with van der Waals surface area (Å²) in [5.41, 5.74) is 2.27. The lowest BCUT2D eigenvalue weighted by Crippen LogP contribution is -1.99. The molecule has 0 spiro atoms. The number of nitrogens with one attached hydrogen (secondary N) is 1. The third-order valence-corrected chi connectivity index (χ3v) is 4.91. The number of hydrogen-bond donors (Lipinski definition) is 1. The van der Waals surface area contributed by atoms with E-state index in [-0.39, 0.29) is 0 Å². The van der Waals surface area contributed by atoms with E-state index in [1.165, 1.54) is 17.7 Å². The Balaban J connectivity index is 1.89. The smallest absolute Gasteiger partial charge is 0.195 e. The first-order chi connectivity index (χ1) is 12.7. The molecule has 8 heteroatoms. The summed E-state index contributed by atoms with van der Waals surface area (Å²) in [5, 5.41) is 13.7. The fourth-order valence-corrected chi connectivity index (χ4v) is 3.61. The van der Waals surface area contributed by atoms with Crippen molar-refractivity contribution in [2.75, 3.05) is 19.5 Å². The highest BCUT2D eigenvalue weighted by Crippen LogP contribution is 2.36. The van der Waals surface area contributed by atoms with Gasteiger partial charge in [0.15, 0.2) is 5.01 Å². The zero-order chi connectivity index (χ0) is 18.1. The summed E-state index contributed by atoms with van der Waals surface area (Å²) in [7, 11) is 3.20. The van der Waals surface area contributed by atoms with Crippen molar-refractivity contribution < 1.29 is 9.47 Å². The molecule has 0 radical (unpaired) electrons. The molecule has 0 fully saturated rings. The van der Waals surface area contributed by atoms with Crippen molar-refractivity contribution in [1.82, 2.24) is 15.0 Å². The van der Waals surface area contributed by atoms with E-state index in [2.05, 4.69) is 26.3 Å². The first-order valence-corrected chi connectivity index (χ1v) is 8.48. The molecule has 0 aliphatic heterocycles. The predicted octanol–water partition coefficient (Wildman–Crippen LogP) is 3.87. The molecule has 26 heavy (non-hydrogen) atoms. The van der Waals surface area contributed by atoms with Crippen LogP contribution in [0.5, 0.6) is 11.5 Å². The largest absolute Gasteiger partial charge is 0.497 e. The van der Waals surface area contributed by atoms with Gasteiger partial charge in [-0.3, -0.25) is 0 Å². The second-order valence-corrected chi connectivity index (χ2v) is 6.35. The summed E-state index contributed by atoms with van der Waals surface area (Å²) in [4.78, 5) is 13.0. The van der Waals surface area contributed by atoms with Crippen LogP contribution in [0.15, 0.2) is 36.7 Å². The van der Waals surface area contributed by atoms with Gasteiger partial charge in [0, 0.05) is 6.07 Å². The minimum Gasteiger partial charge on any atom is -0.497 e. The molecule has 0 amide bonds. The van der Waals surface area contributed by atoms with Gasteiger partial charge in [0.2, 0.25) is 0 Å². The molecule has 0 atom stereocenters. The first-order valence-electron chi connectivity index (χ1n) is 7.67. The van der Waals surface area contributed by atoms with Crippen molar-refractivity contribution in [3.8, 4) is 17.6 Å². The number of benzene rings is 2. The van der Waals surface area contributed by atoms with Gasteiger partial charge in [-0.15, -0.1) is 11.3 Å². The van der Waals surface area contributed by atoms with Crippen LogP contribution in [0.4, 0.5) is 11.5 Å². The monoisotopic (exact) mass is 363 g/mol. The zero-order valence-corrected chi connectivity index (χ0v) is 14.8. The Bertz CT molecular complexity index is 1170. The highest BCUT2D eigenvalue weighted by Gasteiger charge is 2.14. The van der Waals surface area contributed by atoms with Crippen LogP contribution in [0.25, 0.3) is 21.1 Å². The lowest BCUT2D eigenvalue weighted by Gasteiger charge is -2.13. The lowest BCUT2D eigenvalue weighted by molar-refractivity contribution is 0.395. The molecule has 0 saturated carbocycles. The third-order valence-electron chi connectivity index (χ3n) is 3.91. The fourth-order valence-electron chi connectivity index (χ4n) is 2.70. The van der Waals surface area contributed by atoms with Gasteiger partial charge in [0.05, 0.1) is 41.0 Å². The van der Waals surface area contributed by atoms with Crippen LogP contribution in [0.2, 0.25) is 0 Å². The zero-order valence-electron chi connectivity index (χ0n) is 14.0. The average Bonchev–Trinajstić information content (AvgIpc) is 3.12. The molecule has 2 aromatic carbocycles. The minimum atomic E-state index is 0.407. The SMILES string of the molecule is COc1ccc(Nc2ncnc3ccc4nc(C#N)sc4c23)c(OC)c1. The van der Waals surface area contributed by atoms with Crippen LogP contribution in [0.1, 0.15) is 5.01 Å². The number of nitriles is 1. The van der Waals surface area contributed by atoms with Gasteiger partial charge < -0.3 is 14.8 Å². The van der Waals surface area contributed by atoms with Crippen molar-refractivity contribution in [3.05, 3.63) is 41.7 Å². The summed E-state index contributed by atoms with van der Waals surface area (Å²) in [5.74, 6) is 1.95. The van der Waals surface area contributed by atoms with Crippen LogP contribution in [-0.4, -0.2) is 29.2 Å². The summed E-state index contributed by atoms with van der Waals surface area (Å²) >= 11 is 1.32. The maximum Gasteiger partial charge on any atom is 0.195 e. The van der Waals surface area contributed by atoms with E-state index in [9.17, 15) is 0 Å². The normalized spacial score (nSPS) is 10.7. The number of fused-ring (bicyclic) bond motifs is 3. The van der Waals surface area contributed by atoms with Crippen molar-refractivity contribution >= 4 is 44.0 Å². The van der Waals surface area contributed by atoms with Gasteiger partial charge in [-0.25, -0.2) is 15.0 Å². The molecular weight excluding hydrogens is 350 g/mol. The van der Waals surface area contributed by atoms with Crippen LogP contribution in [0, 0.1) is 11.3 Å². The van der Waals surface area contributed by atoms with E-state index < -0.39 is 0 Å². The summed E-state index contributed by atoms with van der Waals surface area (Å²) in [6.45, 7) is 0. The fraction of sp³-hybridized carbons (Fsp3) is 0.111. The van der Waals surface area contributed by atoms with E-state index in [1.807, 2.05) is 24.3 Å². The topological polar surface area (TPSA) is 93.0 Å². The molecule has 0 bridgehead atoms. The second-order valence-electron chi connectivity index (χ2n) is 5.35. The minimum absolute atomic E-state index is 0.407. The van der Waals surface area contributed by atoms with Gasteiger partial charge in [-0.05, 0) is 24.3 Å². The summed E-state index contributed by atoms with van der Waals surface area (Å²) in [6, 6.07) is 11.3. The van der Waals surface area contributed by atoms with E-state index in [1.54, 1.807) is 20.3 Å². The summed E-state index contributed by atoms with van der Waals surface area (Å²) in [6.07, 6.45) is 1.50. The van der Waals surface area contributed by atoms with Crippen molar-refractivity contribution in [2.24, 2.45) is 0 Å². The number of aromatic nitrogens is 3. The maximum atomic E-state index is 9.16. The van der Waals surface area contributed by atoms with E-state index in [0.29, 0.717) is 22.3 Å². The van der Waals surface area contributed by atoms with Gasteiger partial charge in [-0.1, -0.05) is 0 Å². The Morgan fingerprint density at radius 2 is 1.92 bits per heavy atom. The molecule has 4 rings (SSSR count). The third kappa shape index (κ3) is 2.64. The standard InChI is InChI=1S/C18H13N5O2S/c1-24-10-3-4-11(14(7-10)25-2)23-18-16-12(20-9-21-18)5-6-13-17(16)26-15(8-19)22-13/h3-7,9H,1-2H3,(H,20,21,23). The molecule has 0 saturated heterocycles. The molecular formula is C18H13N5O2S. The highest BCUT2D eigenvalue weighted by atomic mass is 32.1. The van der Waals surface area contributed by atoms with E-state index in [4.69, 9.17) is 14.7 Å². The lowest BCUT2D eigenvalue weighted by atomic mass is 10.2. The molecule has 0 aliphatic rings. The van der Waals surface area contributed by atoms with Crippen LogP contribution < -0.4 is 14.8 Å². The molecule has 2 heterocycles. The molecule has 1 N–H and O–H groups in total. The second kappa shape index (κ2) is 6.46. The number of thiazole rings is 1. The average molecular weight is 363 g/mol. The first kappa shape index (κ1) is 16.1. The van der Waals surface area contributed by atoms with Crippen LogP contribution in [0.3, 0.4) is 0 Å². The molecule has 0 unspecified atom stereocenters. The molecule has 7 nitrogen and oxygen atoms in total. The van der Waals surface area contributed by atoms with Crippen molar-refractivity contribution in [1.29, 1.82) is 5.26 Å². The number of methoxy groups -OCH3 is 2. The Labute approximate surface area is 152 Å². The van der Waals surface area contributed by atoms with Crippen LogP contribution >= 0.6 is 11.3 Å². The number of ether oxygens (including phenoxy) is 2. The molecule has 128 valence electrons. The van der Waals surface area contributed by atoms with Crippen LogP contribution in [-0.2, 0) is 0 Å². The Kier molecular flexibility index (Phi) is 3.99. The Morgan fingerprint density at radius 3 is 2.69 bits per heavy atom. The van der Waals surface area contributed by atoms with Crippen molar-refractivity contribution in [2.45, 2.75) is 0 Å². The molecule has 4 aromatic rings. The van der Waals surface area contributed by atoms with Gasteiger partial charge in [0.25, 0.3) is 0 Å². The quantitative estimate of drug-likeness (QED) is 0.588. The van der Waals surface area contributed by atoms with E-state index >= 15 is 0 Å². The number of hydrogen-bond acceptors (Lipinski definition) is 8. The Hall–Kier alpha value is -3.44. The molecule has 0 aliphatic carbocycles. The van der Waals surface area contributed by atoms with Crippen molar-refractivity contribution in [3.63, 3.8) is 0 Å². The number of rotatable bonds is 4. The highest BCUT2D eigenvalue weighted by molar-refractivity contribution is 7.20.